The van der Waals surface area contributed by atoms with E-state index in [1.54, 1.807) is 0 Å². The van der Waals surface area contributed by atoms with Gasteiger partial charge in [-0.1, -0.05) is 58.8 Å². The molecule has 0 aromatic heterocycles. The third kappa shape index (κ3) is 12.1. The van der Waals surface area contributed by atoms with Gasteiger partial charge in [0.05, 0.1) is 6.61 Å². The van der Waals surface area contributed by atoms with Crippen molar-refractivity contribution < 1.29 is 17.2 Å². The first-order valence-corrected chi connectivity index (χ1v) is 7.98. The molecular formula is C12H26O4S. The number of hydrogen-bond acceptors (Lipinski definition) is 3. The molecule has 0 spiro atoms. The molecule has 0 heterocycles. The Morgan fingerprint density at radius 2 is 1.65 bits per heavy atom. The lowest BCUT2D eigenvalue weighted by Crippen LogP contribution is -2.13. The molecule has 0 radical (unpaired) electrons. The van der Waals surface area contributed by atoms with E-state index in [1.807, 2.05) is 6.92 Å². The highest BCUT2D eigenvalue weighted by molar-refractivity contribution is 7.80. The molecule has 0 saturated heterocycles. The molecule has 0 rings (SSSR count). The van der Waals surface area contributed by atoms with Crippen LogP contribution in [0.25, 0.3) is 0 Å². The molecule has 0 aliphatic rings. The average Bonchev–Trinajstić information content (AvgIpc) is 2.26. The highest BCUT2D eigenvalue weighted by atomic mass is 32.3. The lowest BCUT2D eigenvalue weighted by molar-refractivity contribution is 0.210. The summed E-state index contributed by atoms with van der Waals surface area (Å²) in [5, 5.41) is 0. The van der Waals surface area contributed by atoms with Gasteiger partial charge in [-0.05, 0) is 12.3 Å². The Bertz CT molecular complexity index is 262. The van der Waals surface area contributed by atoms with Crippen molar-refractivity contribution in [2.24, 2.45) is 5.92 Å². The molecule has 0 aromatic carbocycles. The van der Waals surface area contributed by atoms with Gasteiger partial charge in [0.1, 0.15) is 0 Å². The Balaban J connectivity index is 3.54. The molecule has 4 nitrogen and oxygen atoms in total. The van der Waals surface area contributed by atoms with Gasteiger partial charge < -0.3 is 0 Å². The van der Waals surface area contributed by atoms with Crippen molar-refractivity contribution in [3.05, 3.63) is 0 Å². The standard InChI is InChI=1S/C12H26O4S/c1-3-5-6-7-8-9-10-12(4-2)11-16-17(13,14)15/h12H,3-11H2,1-2H3,(H,13,14,15). The molecular weight excluding hydrogens is 240 g/mol. The van der Waals surface area contributed by atoms with Crippen LogP contribution in [0.2, 0.25) is 0 Å². The summed E-state index contributed by atoms with van der Waals surface area (Å²) in [7, 11) is -4.27. The summed E-state index contributed by atoms with van der Waals surface area (Å²) in [5.41, 5.74) is 0. The SMILES string of the molecule is CCCCCCCCC(CC)COS(=O)(=O)O. The molecule has 0 aliphatic heterocycles. The third-order valence-corrected chi connectivity index (χ3v) is 3.43. The second-order valence-corrected chi connectivity index (χ2v) is 5.63. The van der Waals surface area contributed by atoms with E-state index >= 15 is 0 Å². The van der Waals surface area contributed by atoms with Crippen molar-refractivity contribution in [3.8, 4) is 0 Å². The van der Waals surface area contributed by atoms with Crippen LogP contribution in [0.3, 0.4) is 0 Å². The zero-order chi connectivity index (χ0) is 13.1. The normalized spacial score (nSPS) is 13.8. The van der Waals surface area contributed by atoms with E-state index < -0.39 is 10.4 Å². The highest BCUT2D eigenvalue weighted by Gasteiger charge is 2.11. The summed E-state index contributed by atoms with van der Waals surface area (Å²) in [4.78, 5) is 0. The van der Waals surface area contributed by atoms with Crippen LogP contribution < -0.4 is 0 Å². The lowest BCUT2D eigenvalue weighted by Gasteiger charge is -2.13. The van der Waals surface area contributed by atoms with E-state index in [4.69, 9.17) is 4.55 Å². The van der Waals surface area contributed by atoms with Gasteiger partial charge in [-0.3, -0.25) is 4.55 Å². The number of hydrogen-bond donors (Lipinski definition) is 1. The predicted molar refractivity (Wildman–Crippen MR) is 69.3 cm³/mol. The van der Waals surface area contributed by atoms with Crippen LogP contribution in [0, 0.1) is 5.92 Å². The maximum atomic E-state index is 10.4. The maximum Gasteiger partial charge on any atom is 0.397 e. The maximum absolute atomic E-state index is 10.4. The van der Waals surface area contributed by atoms with E-state index in [-0.39, 0.29) is 12.5 Å². The quantitative estimate of drug-likeness (QED) is 0.458. The van der Waals surface area contributed by atoms with Gasteiger partial charge in [-0.25, -0.2) is 4.18 Å². The van der Waals surface area contributed by atoms with Crippen molar-refractivity contribution in [1.82, 2.24) is 0 Å². The van der Waals surface area contributed by atoms with Crippen LogP contribution in [0.5, 0.6) is 0 Å². The number of rotatable bonds is 11. The van der Waals surface area contributed by atoms with Crippen LogP contribution in [-0.4, -0.2) is 19.6 Å². The summed E-state index contributed by atoms with van der Waals surface area (Å²) >= 11 is 0. The van der Waals surface area contributed by atoms with Gasteiger partial charge in [-0.2, -0.15) is 8.42 Å². The molecule has 0 bridgehead atoms. The van der Waals surface area contributed by atoms with Crippen LogP contribution in [0.1, 0.15) is 65.2 Å². The fourth-order valence-electron chi connectivity index (χ4n) is 1.80. The predicted octanol–water partition coefficient (Wildman–Crippen LogP) is 3.58. The summed E-state index contributed by atoms with van der Waals surface area (Å²) in [6.45, 7) is 4.30. The molecule has 0 aliphatic carbocycles. The molecule has 1 N–H and O–H groups in total. The minimum absolute atomic E-state index is 0.101. The molecule has 5 heteroatoms. The molecule has 1 atom stereocenters. The zero-order valence-electron chi connectivity index (χ0n) is 11.0. The molecule has 0 amide bonds. The Kier molecular flexibility index (Phi) is 9.78. The zero-order valence-corrected chi connectivity index (χ0v) is 11.8. The van der Waals surface area contributed by atoms with Crippen molar-refractivity contribution in [3.63, 3.8) is 0 Å². The van der Waals surface area contributed by atoms with E-state index in [9.17, 15) is 8.42 Å². The van der Waals surface area contributed by atoms with Crippen molar-refractivity contribution >= 4 is 10.4 Å². The second kappa shape index (κ2) is 9.85. The average molecular weight is 266 g/mol. The van der Waals surface area contributed by atoms with Gasteiger partial charge in [0.2, 0.25) is 0 Å². The topological polar surface area (TPSA) is 63.6 Å². The van der Waals surface area contributed by atoms with Crippen LogP contribution in [0.4, 0.5) is 0 Å². The number of unbranched alkanes of at least 4 members (excludes halogenated alkanes) is 5. The second-order valence-electron chi connectivity index (χ2n) is 4.54. The molecule has 1 unspecified atom stereocenters. The Labute approximate surface area is 106 Å². The molecule has 104 valence electrons. The molecule has 0 saturated carbocycles. The van der Waals surface area contributed by atoms with E-state index in [2.05, 4.69) is 11.1 Å². The van der Waals surface area contributed by atoms with Crippen molar-refractivity contribution in [2.45, 2.75) is 65.2 Å². The van der Waals surface area contributed by atoms with Crippen molar-refractivity contribution in [2.75, 3.05) is 6.61 Å². The molecule has 0 aromatic rings. The first kappa shape index (κ1) is 16.9. The van der Waals surface area contributed by atoms with E-state index in [0.29, 0.717) is 0 Å². The van der Waals surface area contributed by atoms with E-state index in [1.165, 1.54) is 32.1 Å². The monoisotopic (exact) mass is 266 g/mol. The molecule has 0 fully saturated rings. The first-order chi connectivity index (χ1) is 7.99. The van der Waals surface area contributed by atoms with Gasteiger partial charge in [0, 0.05) is 0 Å². The van der Waals surface area contributed by atoms with Crippen LogP contribution in [-0.2, 0) is 14.6 Å². The van der Waals surface area contributed by atoms with Gasteiger partial charge in [-0.15, -0.1) is 0 Å². The Morgan fingerprint density at radius 3 is 2.18 bits per heavy atom. The summed E-state index contributed by atoms with van der Waals surface area (Å²) in [6, 6.07) is 0. The smallest absolute Gasteiger partial charge is 0.264 e. The fraction of sp³-hybridized carbons (Fsp3) is 1.00. The van der Waals surface area contributed by atoms with E-state index in [0.717, 1.165) is 19.3 Å². The highest BCUT2D eigenvalue weighted by Crippen LogP contribution is 2.16. The largest absolute Gasteiger partial charge is 0.397 e. The molecule has 17 heavy (non-hydrogen) atoms. The van der Waals surface area contributed by atoms with Crippen LogP contribution in [0.15, 0.2) is 0 Å². The minimum Gasteiger partial charge on any atom is -0.264 e. The minimum atomic E-state index is -4.27. The fourth-order valence-corrected chi connectivity index (χ4v) is 2.17. The Morgan fingerprint density at radius 1 is 1.06 bits per heavy atom. The summed E-state index contributed by atoms with van der Waals surface area (Å²) in [5.74, 6) is 0.225. The first-order valence-electron chi connectivity index (χ1n) is 6.61. The van der Waals surface area contributed by atoms with Crippen LogP contribution >= 0.6 is 0 Å². The summed E-state index contributed by atoms with van der Waals surface area (Å²) < 4.78 is 33.8. The van der Waals surface area contributed by atoms with Gasteiger partial charge >= 0.3 is 10.4 Å². The van der Waals surface area contributed by atoms with Gasteiger partial charge in [0.15, 0.2) is 0 Å². The van der Waals surface area contributed by atoms with Crippen molar-refractivity contribution in [1.29, 1.82) is 0 Å². The summed E-state index contributed by atoms with van der Waals surface area (Å²) in [6.07, 6.45) is 9.24. The Hall–Kier alpha value is -0.130. The van der Waals surface area contributed by atoms with Gasteiger partial charge in [0.25, 0.3) is 0 Å². The lowest BCUT2D eigenvalue weighted by atomic mass is 9.99. The third-order valence-electron chi connectivity index (χ3n) is 3.00.